The van der Waals surface area contributed by atoms with Crippen molar-refractivity contribution in [3.63, 3.8) is 0 Å². The number of ether oxygens (including phenoxy) is 4. The first kappa shape index (κ1) is 89.1. The van der Waals surface area contributed by atoms with E-state index in [-0.39, 0.29) is 25.7 Å². The maximum Gasteiger partial charge on any atom is 0.472 e. The third kappa shape index (κ3) is 66.5. The van der Waals surface area contributed by atoms with E-state index < -0.39 is 97.5 Å². The average Bonchev–Trinajstić information content (AvgIpc) is 3.44. The van der Waals surface area contributed by atoms with E-state index in [9.17, 15) is 43.2 Å². The first-order valence-electron chi connectivity index (χ1n) is 37.5. The molecule has 0 aromatic heterocycles. The highest BCUT2D eigenvalue weighted by molar-refractivity contribution is 7.47. The summed E-state index contributed by atoms with van der Waals surface area (Å²) in [6.07, 6.45) is 50.0. The van der Waals surface area contributed by atoms with Gasteiger partial charge in [0.1, 0.15) is 19.3 Å². The van der Waals surface area contributed by atoms with Gasteiger partial charge in [0.05, 0.1) is 26.4 Å². The summed E-state index contributed by atoms with van der Waals surface area (Å²) in [6.45, 7) is 9.49. The Labute approximate surface area is 556 Å². The van der Waals surface area contributed by atoms with Crippen LogP contribution in [0.4, 0.5) is 0 Å². The standard InChI is InChI=1S/C72H140O17P2/c1-7-9-11-13-15-17-19-20-21-22-23-29-33-37-45-51-57-72(77)88-67(60-82-69(74)54-48-42-35-31-28-25-24-27-30-34-40-46-52-64(3)4)62-86-90(78,79)84-58-66(73)59-85-91(80,81)87-63-68(61-83-70(75)55-49-43-39-38-41-47-53-65(5)6)89-71(76)56-50-44-36-32-26-18-16-14-12-10-8-2/h64-68,73H,7-63H2,1-6H3,(H,78,79)(H,80,81)/t66-,67-,68-/m1/s1. The van der Waals surface area contributed by atoms with Crippen molar-refractivity contribution in [1.29, 1.82) is 0 Å². The molecule has 91 heavy (non-hydrogen) atoms. The Hall–Kier alpha value is -1.94. The number of phosphoric ester groups is 2. The second-order valence-electron chi connectivity index (χ2n) is 26.9. The van der Waals surface area contributed by atoms with Crippen molar-refractivity contribution in [2.45, 2.75) is 387 Å². The van der Waals surface area contributed by atoms with Crippen LogP contribution in [0.3, 0.4) is 0 Å². The predicted molar refractivity (Wildman–Crippen MR) is 368 cm³/mol. The topological polar surface area (TPSA) is 237 Å². The first-order chi connectivity index (χ1) is 43.9. The van der Waals surface area contributed by atoms with Gasteiger partial charge in [0.25, 0.3) is 0 Å². The molecule has 19 heteroatoms. The minimum absolute atomic E-state index is 0.106. The van der Waals surface area contributed by atoms with E-state index in [1.807, 2.05) is 0 Å². The second kappa shape index (κ2) is 64.1. The number of rotatable bonds is 71. The summed E-state index contributed by atoms with van der Waals surface area (Å²) in [7, 11) is -9.90. The van der Waals surface area contributed by atoms with E-state index >= 15 is 0 Å². The fraction of sp³-hybridized carbons (Fsp3) is 0.944. The molecule has 0 amide bonds. The van der Waals surface area contributed by atoms with Crippen molar-refractivity contribution in [3.8, 4) is 0 Å². The molecular formula is C72H140O17P2. The van der Waals surface area contributed by atoms with Gasteiger partial charge < -0.3 is 33.8 Å². The molecule has 0 aromatic carbocycles. The fourth-order valence-corrected chi connectivity index (χ4v) is 12.5. The third-order valence-corrected chi connectivity index (χ3v) is 18.6. The molecule has 0 radical (unpaired) electrons. The molecule has 0 fully saturated rings. The van der Waals surface area contributed by atoms with E-state index in [0.29, 0.717) is 31.6 Å². The van der Waals surface area contributed by atoms with Crippen LogP contribution in [-0.4, -0.2) is 96.7 Å². The number of hydrogen-bond acceptors (Lipinski definition) is 15. The van der Waals surface area contributed by atoms with Crippen LogP contribution in [0, 0.1) is 11.8 Å². The highest BCUT2D eigenvalue weighted by Crippen LogP contribution is 2.45. The minimum Gasteiger partial charge on any atom is -0.462 e. The normalized spacial score (nSPS) is 14.1. The van der Waals surface area contributed by atoms with Crippen molar-refractivity contribution in [2.75, 3.05) is 39.6 Å². The summed E-state index contributed by atoms with van der Waals surface area (Å²) in [5.74, 6) is -0.660. The molecule has 5 atom stereocenters. The van der Waals surface area contributed by atoms with Crippen LogP contribution in [0.25, 0.3) is 0 Å². The lowest BCUT2D eigenvalue weighted by Crippen LogP contribution is -2.30. The zero-order valence-corrected chi connectivity index (χ0v) is 60.9. The van der Waals surface area contributed by atoms with Crippen LogP contribution < -0.4 is 0 Å². The van der Waals surface area contributed by atoms with E-state index in [1.54, 1.807) is 0 Å². The summed E-state index contributed by atoms with van der Waals surface area (Å²) < 4.78 is 68.3. The van der Waals surface area contributed by atoms with Crippen molar-refractivity contribution in [3.05, 3.63) is 0 Å². The Morgan fingerprint density at radius 3 is 0.747 bits per heavy atom. The number of aliphatic hydroxyl groups is 1. The Morgan fingerprint density at radius 1 is 0.297 bits per heavy atom. The van der Waals surface area contributed by atoms with Gasteiger partial charge in [-0.1, -0.05) is 318 Å². The maximum absolute atomic E-state index is 13.0. The highest BCUT2D eigenvalue weighted by atomic mass is 31.2. The lowest BCUT2D eigenvalue weighted by atomic mass is 10.0. The molecule has 0 aromatic rings. The Balaban J connectivity index is 5.23. The average molecular weight is 1340 g/mol. The smallest absolute Gasteiger partial charge is 0.462 e. The van der Waals surface area contributed by atoms with Crippen molar-refractivity contribution in [1.82, 2.24) is 0 Å². The third-order valence-electron chi connectivity index (χ3n) is 16.7. The number of carbonyl (C=O) groups is 4. The number of phosphoric acid groups is 2. The number of unbranched alkanes of at least 4 members (excludes halogenated alkanes) is 41. The summed E-state index contributed by atoms with van der Waals surface area (Å²) >= 11 is 0. The molecule has 0 aliphatic rings. The van der Waals surface area contributed by atoms with E-state index in [2.05, 4.69) is 41.5 Å². The van der Waals surface area contributed by atoms with Crippen LogP contribution in [0.5, 0.6) is 0 Å². The van der Waals surface area contributed by atoms with E-state index in [1.165, 1.54) is 180 Å². The largest absolute Gasteiger partial charge is 0.472 e. The number of hydrogen-bond donors (Lipinski definition) is 3. The molecule has 17 nitrogen and oxygen atoms in total. The molecule has 0 saturated carbocycles. The molecule has 0 aliphatic heterocycles. The molecule has 540 valence electrons. The minimum atomic E-state index is -4.95. The van der Waals surface area contributed by atoms with Crippen molar-refractivity contribution in [2.24, 2.45) is 11.8 Å². The predicted octanol–water partition coefficient (Wildman–Crippen LogP) is 20.8. The quantitative estimate of drug-likeness (QED) is 0.0222. The number of carbonyl (C=O) groups excluding carboxylic acids is 4. The fourth-order valence-electron chi connectivity index (χ4n) is 10.9. The zero-order chi connectivity index (χ0) is 67.2. The van der Waals surface area contributed by atoms with Crippen LogP contribution in [-0.2, 0) is 65.4 Å². The number of esters is 4. The first-order valence-corrected chi connectivity index (χ1v) is 40.5. The van der Waals surface area contributed by atoms with Crippen LogP contribution in [0.15, 0.2) is 0 Å². The summed E-state index contributed by atoms with van der Waals surface area (Å²) in [5, 5.41) is 10.6. The van der Waals surface area contributed by atoms with Gasteiger partial charge in [-0.2, -0.15) is 0 Å². The van der Waals surface area contributed by atoms with Gasteiger partial charge >= 0.3 is 39.5 Å². The zero-order valence-electron chi connectivity index (χ0n) is 59.1. The molecule has 3 N–H and O–H groups in total. The molecule has 0 aliphatic carbocycles. The lowest BCUT2D eigenvalue weighted by Gasteiger charge is -2.21. The monoisotopic (exact) mass is 1340 g/mol. The summed E-state index contributed by atoms with van der Waals surface area (Å²) in [4.78, 5) is 72.6. The van der Waals surface area contributed by atoms with Gasteiger partial charge in [-0.25, -0.2) is 9.13 Å². The van der Waals surface area contributed by atoms with Crippen LogP contribution in [0.1, 0.15) is 369 Å². The second-order valence-corrected chi connectivity index (χ2v) is 29.8. The van der Waals surface area contributed by atoms with Gasteiger partial charge in [0.15, 0.2) is 12.2 Å². The van der Waals surface area contributed by atoms with Crippen LogP contribution in [0.2, 0.25) is 0 Å². The molecule has 2 unspecified atom stereocenters. The van der Waals surface area contributed by atoms with E-state index in [4.69, 9.17) is 37.0 Å². The van der Waals surface area contributed by atoms with E-state index in [0.717, 1.165) is 102 Å². The van der Waals surface area contributed by atoms with Gasteiger partial charge in [-0.05, 0) is 37.5 Å². The lowest BCUT2D eigenvalue weighted by molar-refractivity contribution is -0.161. The van der Waals surface area contributed by atoms with Gasteiger partial charge in [0, 0.05) is 25.7 Å². The summed E-state index contributed by atoms with van der Waals surface area (Å²) in [5.41, 5.74) is 0. The maximum atomic E-state index is 13.0. The van der Waals surface area contributed by atoms with Crippen molar-refractivity contribution >= 4 is 39.5 Å². The van der Waals surface area contributed by atoms with Crippen LogP contribution >= 0.6 is 15.6 Å². The number of aliphatic hydroxyl groups excluding tert-OH is 1. The Morgan fingerprint density at radius 2 is 0.505 bits per heavy atom. The molecule has 0 heterocycles. The Kier molecular flexibility index (Phi) is 62.7. The van der Waals surface area contributed by atoms with Crippen molar-refractivity contribution < 1.29 is 80.2 Å². The van der Waals surface area contributed by atoms with Gasteiger partial charge in [0.2, 0.25) is 0 Å². The molecule has 0 rings (SSSR count). The molecule has 0 spiro atoms. The summed E-state index contributed by atoms with van der Waals surface area (Å²) in [6, 6.07) is 0. The van der Waals surface area contributed by atoms with Gasteiger partial charge in [-0.3, -0.25) is 37.3 Å². The molecule has 0 saturated heterocycles. The SMILES string of the molecule is CCCCCCCCCCCCCCCCCCC(=O)O[C@H](COC(=O)CCCCCCCCCCCCCCC(C)C)COP(=O)(O)OC[C@@H](O)COP(=O)(O)OC[C@@H](COC(=O)CCCCCCCCC(C)C)OC(=O)CCCCCCCCCCCCC. The molecule has 0 bridgehead atoms. The Bertz CT molecular complexity index is 1770. The van der Waals surface area contributed by atoms with Gasteiger partial charge in [-0.15, -0.1) is 0 Å². The highest BCUT2D eigenvalue weighted by Gasteiger charge is 2.30. The molecular weight excluding hydrogens is 1200 g/mol.